The van der Waals surface area contributed by atoms with Gasteiger partial charge in [0.25, 0.3) is 0 Å². The van der Waals surface area contributed by atoms with E-state index >= 15 is 0 Å². The van der Waals surface area contributed by atoms with E-state index in [2.05, 4.69) is 45.7 Å². The Kier molecular flexibility index (Phi) is 7.15. The van der Waals surface area contributed by atoms with E-state index in [-0.39, 0.29) is 4.90 Å². The first-order chi connectivity index (χ1) is 16.6. The maximum atomic E-state index is 12.7. The van der Waals surface area contributed by atoms with Crippen LogP contribution in [0.5, 0.6) is 0 Å². The van der Waals surface area contributed by atoms with Crippen LogP contribution in [0.4, 0.5) is 29.1 Å². The molecule has 4 rings (SSSR count). The van der Waals surface area contributed by atoms with Crippen LogP contribution >= 0.6 is 0 Å². The van der Waals surface area contributed by atoms with E-state index in [0.717, 1.165) is 37.6 Å². The molecular formula is C23H31N9O2S. The van der Waals surface area contributed by atoms with Gasteiger partial charge in [0.2, 0.25) is 16.0 Å². The molecule has 3 aromatic rings. The first kappa shape index (κ1) is 24.8. The molecule has 35 heavy (non-hydrogen) atoms. The van der Waals surface area contributed by atoms with Gasteiger partial charge >= 0.3 is 0 Å². The molecule has 1 aliphatic heterocycles. The number of hydrogen-bond acceptors (Lipinski definition) is 10. The highest BCUT2D eigenvalue weighted by atomic mass is 32.2. The van der Waals surface area contributed by atoms with Crippen LogP contribution in [0.2, 0.25) is 0 Å². The smallest absolute Gasteiger partial charge is 0.241 e. The van der Waals surface area contributed by atoms with Crippen LogP contribution in [0.1, 0.15) is 26.3 Å². The number of rotatable bonds is 7. The largest absolute Gasteiger partial charge is 0.353 e. The summed E-state index contributed by atoms with van der Waals surface area (Å²) in [5.74, 6) is 2.26. The summed E-state index contributed by atoms with van der Waals surface area (Å²) in [7, 11) is -3.66. The first-order valence-electron chi connectivity index (χ1n) is 11.4. The summed E-state index contributed by atoms with van der Waals surface area (Å²) in [5, 5.41) is 18.2. The number of anilines is 5. The zero-order chi connectivity index (χ0) is 25.1. The Morgan fingerprint density at radius 1 is 1.03 bits per heavy atom. The molecule has 0 atom stereocenters. The summed E-state index contributed by atoms with van der Waals surface area (Å²) in [6, 6.07) is 10.4. The van der Waals surface area contributed by atoms with Gasteiger partial charge in [-0.15, -0.1) is 10.2 Å². The zero-order valence-electron chi connectivity index (χ0n) is 20.3. The summed E-state index contributed by atoms with van der Waals surface area (Å²) in [6.45, 7) is 10.9. The molecule has 0 bridgehead atoms. The molecule has 1 aliphatic rings. The molecule has 4 N–H and O–H groups in total. The molecule has 186 valence electrons. The van der Waals surface area contributed by atoms with Gasteiger partial charge in [-0.1, -0.05) is 6.07 Å². The van der Waals surface area contributed by atoms with Gasteiger partial charge in [0.1, 0.15) is 5.82 Å². The molecule has 0 saturated carbocycles. The average Bonchev–Trinajstić information content (AvgIpc) is 2.81. The lowest BCUT2D eigenvalue weighted by Crippen LogP contribution is -2.43. The van der Waals surface area contributed by atoms with Crippen molar-refractivity contribution in [1.82, 2.24) is 30.2 Å². The minimum absolute atomic E-state index is 0.169. The maximum absolute atomic E-state index is 12.7. The molecular weight excluding hydrogens is 466 g/mol. The van der Waals surface area contributed by atoms with E-state index in [0.29, 0.717) is 23.3 Å². The molecule has 1 fully saturated rings. The van der Waals surface area contributed by atoms with E-state index in [9.17, 15) is 8.42 Å². The summed E-state index contributed by atoms with van der Waals surface area (Å²) in [5.41, 5.74) is 0.810. The second-order valence-electron chi connectivity index (χ2n) is 9.37. The number of benzene rings is 1. The Balaban J connectivity index is 1.48. The van der Waals surface area contributed by atoms with E-state index in [4.69, 9.17) is 0 Å². The molecule has 1 aromatic carbocycles. The van der Waals surface area contributed by atoms with Crippen LogP contribution in [0.25, 0.3) is 0 Å². The van der Waals surface area contributed by atoms with Gasteiger partial charge in [-0.2, -0.15) is 4.98 Å². The standard InChI is InChI=1S/C23H31N9O2S/c1-16-15-25-22(27-19-8-9-20(30-29-19)32-12-10-24-11-13-32)28-21(16)26-17-6-5-7-18(14-17)35(33,34)31-23(2,3)4/h5-9,14-15,24,31H,10-13H2,1-4H3,(H2,25,26,27,28,29). The van der Waals surface area contributed by atoms with E-state index < -0.39 is 15.6 Å². The highest BCUT2D eigenvalue weighted by molar-refractivity contribution is 7.89. The third kappa shape index (κ3) is 6.62. The SMILES string of the molecule is Cc1cnc(Nc2ccc(N3CCNCC3)nn2)nc1Nc1cccc(S(=O)(=O)NC(C)(C)C)c1. The summed E-state index contributed by atoms with van der Waals surface area (Å²) < 4.78 is 28.1. The van der Waals surface area contributed by atoms with Crippen molar-refractivity contribution in [3.8, 4) is 0 Å². The summed E-state index contributed by atoms with van der Waals surface area (Å²) in [4.78, 5) is 11.2. The Hall–Kier alpha value is -3.35. The number of sulfonamides is 1. The highest BCUT2D eigenvalue weighted by Gasteiger charge is 2.22. The molecule has 0 aliphatic carbocycles. The van der Waals surface area contributed by atoms with Crippen LogP contribution in [-0.4, -0.2) is 60.3 Å². The summed E-state index contributed by atoms with van der Waals surface area (Å²) in [6.07, 6.45) is 1.68. The van der Waals surface area contributed by atoms with Crippen LogP contribution in [0.3, 0.4) is 0 Å². The Bertz CT molecular complexity index is 1270. The third-order valence-corrected chi connectivity index (χ3v) is 6.91. The predicted molar refractivity (Wildman–Crippen MR) is 137 cm³/mol. The van der Waals surface area contributed by atoms with Crippen molar-refractivity contribution in [2.45, 2.75) is 38.1 Å². The number of aryl methyl sites for hydroxylation is 1. The fraction of sp³-hybridized carbons (Fsp3) is 0.391. The van der Waals surface area contributed by atoms with Gasteiger partial charge in [-0.3, -0.25) is 0 Å². The lowest BCUT2D eigenvalue weighted by atomic mass is 10.1. The molecule has 2 aromatic heterocycles. The van der Waals surface area contributed by atoms with Gasteiger partial charge in [0.05, 0.1) is 4.90 Å². The van der Waals surface area contributed by atoms with Gasteiger partial charge in [-0.05, 0) is 58.0 Å². The van der Waals surface area contributed by atoms with Gasteiger partial charge in [-0.25, -0.2) is 18.1 Å². The molecule has 1 saturated heterocycles. The van der Waals surface area contributed by atoms with Crippen molar-refractivity contribution in [3.05, 3.63) is 48.2 Å². The second-order valence-corrected chi connectivity index (χ2v) is 11.1. The fourth-order valence-corrected chi connectivity index (χ4v) is 5.00. The van der Waals surface area contributed by atoms with Crippen LogP contribution < -0.4 is 25.6 Å². The molecule has 0 radical (unpaired) electrons. The van der Waals surface area contributed by atoms with Crippen LogP contribution in [0.15, 0.2) is 47.5 Å². The second kappa shape index (κ2) is 10.1. The van der Waals surface area contributed by atoms with E-state index in [1.54, 1.807) is 51.2 Å². The maximum Gasteiger partial charge on any atom is 0.241 e. The topological polar surface area (TPSA) is 137 Å². The fourth-order valence-electron chi connectivity index (χ4n) is 3.54. The molecule has 11 nitrogen and oxygen atoms in total. The van der Waals surface area contributed by atoms with Crippen molar-refractivity contribution >= 4 is 39.1 Å². The van der Waals surface area contributed by atoms with Crippen molar-refractivity contribution in [1.29, 1.82) is 0 Å². The minimum atomic E-state index is -3.66. The predicted octanol–water partition coefficient (Wildman–Crippen LogP) is 2.55. The quantitative estimate of drug-likeness (QED) is 0.385. The Morgan fingerprint density at radius 3 is 2.49 bits per heavy atom. The van der Waals surface area contributed by atoms with Crippen molar-refractivity contribution < 1.29 is 8.42 Å². The number of nitrogens with one attached hydrogen (secondary N) is 4. The summed E-state index contributed by atoms with van der Waals surface area (Å²) >= 11 is 0. The molecule has 0 spiro atoms. The normalized spacial score (nSPS) is 14.6. The Morgan fingerprint density at radius 2 is 1.80 bits per heavy atom. The lowest BCUT2D eigenvalue weighted by Gasteiger charge is -2.27. The van der Waals surface area contributed by atoms with Crippen molar-refractivity contribution in [3.63, 3.8) is 0 Å². The number of aromatic nitrogens is 4. The lowest BCUT2D eigenvalue weighted by molar-refractivity contribution is 0.491. The number of hydrogen-bond donors (Lipinski definition) is 4. The number of nitrogens with zero attached hydrogens (tertiary/aromatic N) is 5. The first-order valence-corrected chi connectivity index (χ1v) is 12.9. The Labute approximate surface area is 205 Å². The monoisotopic (exact) mass is 497 g/mol. The van der Waals surface area contributed by atoms with Crippen molar-refractivity contribution in [2.24, 2.45) is 0 Å². The molecule has 0 amide bonds. The van der Waals surface area contributed by atoms with Gasteiger partial charge < -0.3 is 20.9 Å². The number of piperazine rings is 1. The third-order valence-electron chi connectivity index (χ3n) is 5.15. The zero-order valence-corrected chi connectivity index (χ0v) is 21.1. The van der Waals surface area contributed by atoms with Crippen LogP contribution in [0, 0.1) is 6.92 Å². The molecule has 3 heterocycles. The van der Waals surface area contributed by atoms with E-state index in [1.807, 2.05) is 19.1 Å². The highest BCUT2D eigenvalue weighted by Crippen LogP contribution is 2.23. The van der Waals surface area contributed by atoms with Gasteiger partial charge in [0, 0.05) is 49.2 Å². The minimum Gasteiger partial charge on any atom is -0.353 e. The average molecular weight is 498 g/mol. The van der Waals surface area contributed by atoms with Gasteiger partial charge in [0.15, 0.2) is 11.6 Å². The van der Waals surface area contributed by atoms with Crippen molar-refractivity contribution in [2.75, 3.05) is 41.7 Å². The molecule has 0 unspecified atom stereocenters. The van der Waals surface area contributed by atoms with E-state index in [1.165, 1.54) is 0 Å². The molecule has 12 heteroatoms. The van der Waals surface area contributed by atoms with Crippen LogP contribution in [-0.2, 0) is 10.0 Å².